The first kappa shape index (κ1) is 15.3. The summed E-state index contributed by atoms with van der Waals surface area (Å²) in [6, 6.07) is 2.88. The van der Waals surface area contributed by atoms with E-state index in [0.29, 0.717) is 12.0 Å². The van der Waals surface area contributed by atoms with Crippen LogP contribution in [0, 0.1) is 5.92 Å². The Hall–Kier alpha value is -1.09. The van der Waals surface area contributed by atoms with E-state index in [4.69, 9.17) is 0 Å². The van der Waals surface area contributed by atoms with Crippen molar-refractivity contribution in [3.05, 3.63) is 24.0 Å². The highest BCUT2D eigenvalue weighted by Crippen LogP contribution is 2.29. The molecule has 1 saturated carbocycles. The van der Waals surface area contributed by atoms with Crippen molar-refractivity contribution in [3.63, 3.8) is 0 Å². The molecule has 1 aliphatic rings. The smallest absolute Gasteiger partial charge is 0.0600 e. The molecule has 0 amide bonds. The zero-order valence-electron chi connectivity index (χ0n) is 13.2. The number of rotatable bonds is 7. The third-order valence-corrected chi connectivity index (χ3v) is 4.17. The topological polar surface area (TPSA) is 28.2 Å². The highest BCUT2D eigenvalue weighted by atomic mass is 15.2. The van der Waals surface area contributed by atoms with Crippen LogP contribution in [0.3, 0.4) is 0 Å². The largest absolute Gasteiger partial charge is 0.367 e. The van der Waals surface area contributed by atoms with Crippen molar-refractivity contribution in [1.29, 1.82) is 0 Å². The quantitative estimate of drug-likeness (QED) is 0.824. The van der Waals surface area contributed by atoms with Crippen molar-refractivity contribution in [1.82, 2.24) is 10.3 Å². The Morgan fingerprint density at radius 3 is 2.75 bits per heavy atom. The molecule has 1 heterocycles. The van der Waals surface area contributed by atoms with Crippen LogP contribution >= 0.6 is 0 Å². The second-order valence-corrected chi connectivity index (χ2v) is 6.25. The lowest BCUT2D eigenvalue weighted by Crippen LogP contribution is -2.34. The van der Waals surface area contributed by atoms with E-state index in [1.165, 1.54) is 36.9 Å². The summed E-state index contributed by atoms with van der Waals surface area (Å²) in [7, 11) is 0. The van der Waals surface area contributed by atoms with E-state index in [2.05, 4.69) is 42.0 Å². The Balaban J connectivity index is 2.08. The summed E-state index contributed by atoms with van der Waals surface area (Å²) in [5.41, 5.74) is 2.72. The molecule has 1 aliphatic carbocycles. The number of hydrogen-bond acceptors (Lipinski definition) is 3. The van der Waals surface area contributed by atoms with Crippen LogP contribution in [0.5, 0.6) is 0 Å². The number of hydrogen-bond donors (Lipinski definition) is 1. The normalized spacial score (nSPS) is 16.0. The lowest BCUT2D eigenvalue weighted by molar-refractivity contribution is 0.549. The standard InChI is InChI=1S/C17H29N3/c1-4-20(16-7-5-6-8-16)17-13-18-10-9-15(17)12-19-11-14(2)3/h9-10,13-14,16,19H,4-8,11-12H2,1-3H3. The number of nitrogens with one attached hydrogen (secondary N) is 1. The summed E-state index contributed by atoms with van der Waals surface area (Å²) in [5.74, 6) is 0.692. The van der Waals surface area contributed by atoms with Crippen LogP contribution in [0.4, 0.5) is 5.69 Å². The number of nitrogens with zero attached hydrogens (tertiary/aromatic N) is 2. The Kier molecular flexibility index (Phi) is 5.84. The van der Waals surface area contributed by atoms with Crippen LogP contribution in [0.2, 0.25) is 0 Å². The van der Waals surface area contributed by atoms with Gasteiger partial charge in [0.05, 0.1) is 11.9 Å². The van der Waals surface area contributed by atoms with Crippen molar-refractivity contribution < 1.29 is 0 Å². The molecule has 1 N–H and O–H groups in total. The van der Waals surface area contributed by atoms with Crippen molar-refractivity contribution in [2.45, 2.75) is 59.0 Å². The van der Waals surface area contributed by atoms with Crippen LogP contribution in [-0.4, -0.2) is 24.1 Å². The summed E-state index contributed by atoms with van der Waals surface area (Å²) in [6.07, 6.45) is 9.39. The first-order valence-corrected chi connectivity index (χ1v) is 8.12. The molecule has 1 fully saturated rings. The minimum absolute atomic E-state index is 0.692. The fourth-order valence-corrected chi connectivity index (χ4v) is 3.16. The molecule has 0 aromatic carbocycles. The van der Waals surface area contributed by atoms with E-state index in [1.807, 2.05) is 12.4 Å². The summed E-state index contributed by atoms with van der Waals surface area (Å²) >= 11 is 0. The zero-order chi connectivity index (χ0) is 14.4. The van der Waals surface area contributed by atoms with Crippen LogP contribution in [0.15, 0.2) is 18.5 Å². The molecule has 0 saturated heterocycles. The summed E-state index contributed by atoms with van der Waals surface area (Å²) in [5, 5.41) is 3.56. The maximum atomic E-state index is 4.36. The Bertz CT molecular complexity index is 397. The van der Waals surface area contributed by atoms with Crippen molar-refractivity contribution in [2.24, 2.45) is 5.92 Å². The van der Waals surface area contributed by atoms with Gasteiger partial charge in [-0.1, -0.05) is 26.7 Å². The van der Waals surface area contributed by atoms with Gasteiger partial charge >= 0.3 is 0 Å². The fraction of sp³-hybridized carbons (Fsp3) is 0.706. The molecule has 0 unspecified atom stereocenters. The Morgan fingerprint density at radius 2 is 2.10 bits per heavy atom. The number of anilines is 1. The molecular formula is C17H29N3. The highest BCUT2D eigenvalue weighted by Gasteiger charge is 2.23. The maximum absolute atomic E-state index is 4.36. The van der Waals surface area contributed by atoms with E-state index < -0.39 is 0 Å². The first-order chi connectivity index (χ1) is 9.72. The van der Waals surface area contributed by atoms with E-state index in [9.17, 15) is 0 Å². The summed E-state index contributed by atoms with van der Waals surface area (Å²) < 4.78 is 0. The van der Waals surface area contributed by atoms with Gasteiger partial charge in [0.2, 0.25) is 0 Å². The van der Waals surface area contributed by atoms with Crippen LogP contribution < -0.4 is 10.2 Å². The van der Waals surface area contributed by atoms with Crippen molar-refractivity contribution in [3.8, 4) is 0 Å². The first-order valence-electron chi connectivity index (χ1n) is 8.12. The lowest BCUT2D eigenvalue weighted by Gasteiger charge is -2.31. The fourth-order valence-electron chi connectivity index (χ4n) is 3.16. The van der Waals surface area contributed by atoms with Gasteiger partial charge in [-0.2, -0.15) is 0 Å². The summed E-state index contributed by atoms with van der Waals surface area (Å²) in [6.45, 7) is 9.84. The van der Waals surface area contributed by atoms with Gasteiger partial charge in [0.15, 0.2) is 0 Å². The minimum atomic E-state index is 0.692. The minimum Gasteiger partial charge on any atom is -0.367 e. The second-order valence-electron chi connectivity index (χ2n) is 6.25. The van der Waals surface area contributed by atoms with Gasteiger partial charge in [0.25, 0.3) is 0 Å². The molecule has 0 aliphatic heterocycles. The lowest BCUT2D eigenvalue weighted by atomic mass is 10.1. The maximum Gasteiger partial charge on any atom is 0.0600 e. The zero-order valence-corrected chi connectivity index (χ0v) is 13.2. The molecule has 112 valence electrons. The number of aromatic nitrogens is 1. The molecule has 20 heavy (non-hydrogen) atoms. The van der Waals surface area contributed by atoms with E-state index in [-0.39, 0.29) is 0 Å². The molecule has 1 aromatic rings. The molecule has 1 aromatic heterocycles. The molecule has 3 nitrogen and oxygen atoms in total. The molecule has 0 radical (unpaired) electrons. The van der Waals surface area contributed by atoms with E-state index in [1.54, 1.807) is 0 Å². The van der Waals surface area contributed by atoms with Crippen LogP contribution in [0.25, 0.3) is 0 Å². The van der Waals surface area contributed by atoms with Gasteiger partial charge in [0, 0.05) is 25.3 Å². The second kappa shape index (κ2) is 7.63. The van der Waals surface area contributed by atoms with E-state index >= 15 is 0 Å². The van der Waals surface area contributed by atoms with E-state index in [0.717, 1.165) is 19.6 Å². The molecule has 0 spiro atoms. The molecule has 3 heteroatoms. The van der Waals surface area contributed by atoms with Gasteiger partial charge in [-0.3, -0.25) is 4.98 Å². The van der Waals surface area contributed by atoms with Gasteiger partial charge in [-0.25, -0.2) is 0 Å². The molecular weight excluding hydrogens is 246 g/mol. The monoisotopic (exact) mass is 275 g/mol. The van der Waals surface area contributed by atoms with Crippen LogP contribution in [0.1, 0.15) is 52.0 Å². The van der Waals surface area contributed by atoms with Gasteiger partial charge in [-0.05, 0) is 43.9 Å². The number of pyridine rings is 1. The summed E-state index contributed by atoms with van der Waals surface area (Å²) in [4.78, 5) is 6.92. The van der Waals surface area contributed by atoms with Crippen molar-refractivity contribution in [2.75, 3.05) is 18.0 Å². The predicted molar refractivity (Wildman–Crippen MR) is 86.1 cm³/mol. The third-order valence-electron chi connectivity index (χ3n) is 4.17. The molecule has 2 rings (SSSR count). The highest BCUT2D eigenvalue weighted by molar-refractivity contribution is 5.52. The van der Waals surface area contributed by atoms with Crippen molar-refractivity contribution >= 4 is 5.69 Å². The predicted octanol–water partition coefficient (Wildman–Crippen LogP) is 3.60. The molecule has 0 atom stereocenters. The van der Waals surface area contributed by atoms with Gasteiger partial charge < -0.3 is 10.2 Å². The average molecular weight is 275 g/mol. The Labute approximate surface area is 123 Å². The molecule has 0 bridgehead atoms. The SMILES string of the molecule is CCN(c1cnccc1CNCC(C)C)C1CCCC1. The van der Waals surface area contributed by atoms with Crippen LogP contribution in [-0.2, 0) is 6.54 Å². The third kappa shape index (κ3) is 3.95. The van der Waals surface area contributed by atoms with Gasteiger partial charge in [-0.15, -0.1) is 0 Å². The van der Waals surface area contributed by atoms with Gasteiger partial charge in [0.1, 0.15) is 0 Å². The average Bonchev–Trinajstić information content (AvgIpc) is 2.95. The Morgan fingerprint density at radius 1 is 1.35 bits per heavy atom.